The second-order valence-corrected chi connectivity index (χ2v) is 4.49. The molecule has 16 heavy (non-hydrogen) atoms. The lowest BCUT2D eigenvalue weighted by Gasteiger charge is -2.04. The maximum Gasteiger partial charge on any atom is 0.313 e. The van der Waals surface area contributed by atoms with Crippen molar-refractivity contribution in [2.75, 3.05) is 5.75 Å². The summed E-state index contributed by atoms with van der Waals surface area (Å²) in [5.41, 5.74) is 0. The maximum absolute atomic E-state index is 10.4. The van der Waals surface area contributed by atoms with E-state index in [1.54, 1.807) is 6.33 Å². The lowest BCUT2D eigenvalue weighted by molar-refractivity contribution is -0.133. The van der Waals surface area contributed by atoms with Crippen molar-refractivity contribution in [3.8, 4) is 0 Å². The lowest BCUT2D eigenvalue weighted by Crippen LogP contribution is -2.03. The molecule has 0 radical (unpaired) electrons. The molecule has 90 valence electrons. The predicted molar refractivity (Wildman–Crippen MR) is 62.5 cm³/mol. The number of nitrogens with zero attached hydrogens (tertiary/aromatic N) is 3. The minimum Gasteiger partial charge on any atom is -0.481 e. The van der Waals surface area contributed by atoms with Gasteiger partial charge >= 0.3 is 5.97 Å². The molecule has 1 N–H and O–H groups in total. The Morgan fingerprint density at radius 1 is 1.50 bits per heavy atom. The Hall–Kier alpha value is -1.04. The summed E-state index contributed by atoms with van der Waals surface area (Å²) in [5.74, 6) is -0.793. The van der Waals surface area contributed by atoms with E-state index in [4.69, 9.17) is 5.11 Å². The first kappa shape index (κ1) is 13.0. The molecule has 0 bridgehead atoms. The monoisotopic (exact) mass is 243 g/mol. The zero-order chi connectivity index (χ0) is 11.8. The number of aliphatic carboxylic acids is 1. The Labute approximate surface area is 99.3 Å². The van der Waals surface area contributed by atoms with Gasteiger partial charge in [-0.3, -0.25) is 4.79 Å². The number of rotatable bonds is 8. The van der Waals surface area contributed by atoms with E-state index >= 15 is 0 Å². The molecule has 0 saturated carbocycles. The van der Waals surface area contributed by atoms with Crippen molar-refractivity contribution in [1.29, 1.82) is 0 Å². The van der Waals surface area contributed by atoms with Crippen molar-refractivity contribution < 1.29 is 9.90 Å². The first-order chi connectivity index (χ1) is 7.74. The van der Waals surface area contributed by atoms with E-state index in [0.717, 1.165) is 13.0 Å². The first-order valence-corrected chi connectivity index (χ1v) is 6.45. The highest BCUT2D eigenvalue weighted by molar-refractivity contribution is 7.99. The Bertz CT molecular complexity index is 328. The Morgan fingerprint density at radius 3 is 3.00 bits per heavy atom. The maximum atomic E-state index is 10.4. The molecule has 0 fully saturated rings. The lowest BCUT2D eigenvalue weighted by atomic mass is 10.2. The Morgan fingerprint density at radius 2 is 2.31 bits per heavy atom. The van der Waals surface area contributed by atoms with Crippen molar-refractivity contribution in [3.63, 3.8) is 0 Å². The van der Waals surface area contributed by atoms with Crippen LogP contribution in [-0.2, 0) is 11.3 Å². The molecule has 0 amide bonds. The van der Waals surface area contributed by atoms with Crippen LogP contribution in [0.4, 0.5) is 0 Å². The largest absolute Gasteiger partial charge is 0.481 e. The van der Waals surface area contributed by atoms with Crippen LogP contribution < -0.4 is 0 Å². The van der Waals surface area contributed by atoms with Gasteiger partial charge in [0.25, 0.3) is 0 Å². The number of unbranched alkanes of at least 4 members (excludes halogenated alkanes) is 3. The molecule has 1 heterocycles. The SMILES string of the molecule is CCCCCCn1cnnc1SCC(=O)O. The zero-order valence-corrected chi connectivity index (χ0v) is 10.2. The van der Waals surface area contributed by atoms with Crippen LogP contribution in [-0.4, -0.2) is 31.6 Å². The van der Waals surface area contributed by atoms with Gasteiger partial charge in [-0.2, -0.15) is 0 Å². The van der Waals surface area contributed by atoms with Crippen LogP contribution in [0.25, 0.3) is 0 Å². The minimum atomic E-state index is -0.828. The van der Waals surface area contributed by atoms with Crippen LogP contribution in [0.2, 0.25) is 0 Å². The van der Waals surface area contributed by atoms with Crippen LogP contribution in [0, 0.1) is 0 Å². The fraction of sp³-hybridized carbons (Fsp3) is 0.700. The average molecular weight is 243 g/mol. The van der Waals surface area contributed by atoms with Crippen molar-refractivity contribution in [2.24, 2.45) is 0 Å². The van der Waals surface area contributed by atoms with Crippen LogP contribution in [0.3, 0.4) is 0 Å². The van der Waals surface area contributed by atoms with E-state index in [2.05, 4.69) is 17.1 Å². The van der Waals surface area contributed by atoms with E-state index in [9.17, 15) is 4.79 Å². The van der Waals surface area contributed by atoms with Gasteiger partial charge in [-0.1, -0.05) is 37.9 Å². The number of aromatic nitrogens is 3. The van der Waals surface area contributed by atoms with Crippen LogP contribution in [0.1, 0.15) is 32.6 Å². The Balaban J connectivity index is 2.35. The summed E-state index contributed by atoms with van der Waals surface area (Å²) in [6, 6.07) is 0. The zero-order valence-electron chi connectivity index (χ0n) is 9.43. The van der Waals surface area contributed by atoms with Gasteiger partial charge in [0.2, 0.25) is 0 Å². The fourth-order valence-corrected chi connectivity index (χ4v) is 2.01. The molecule has 6 heteroatoms. The topological polar surface area (TPSA) is 68.0 Å². The molecule has 1 aromatic rings. The molecule has 0 unspecified atom stereocenters. The van der Waals surface area contributed by atoms with Crippen molar-refractivity contribution in [3.05, 3.63) is 6.33 Å². The third-order valence-corrected chi connectivity index (χ3v) is 3.12. The molecule has 0 aliphatic heterocycles. The van der Waals surface area contributed by atoms with Crippen molar-refractivity contribution >= 4 is 17.7 Å². The molecule has 0 aromatic carbocycles. The summed E-state index contributed by atoms with van der Waals surface area (Å²) < 4.78 is 1.92. The molecular formula is C10H17N3O2S. The summed E-state index contributed by atoms with van der Waals surface area (Å²) >= 11 is 1.22. The second-order valence-electron chi connectivity index (χ2n) is 3.55. The molecule has 0 atom stereocenters. The number of hydrogen-bond donors (Lipinski definition) is 1. The van der Waals surface area contributed by atoms with E-state index in [0.29, 0.717) is 5.16 Å². The van der Waals surface area contributed by atoms with E-state index in [-0.39, 0.29) is 5.75 Å². The normalized spacial score (nSPS) is 10.6. The van der Waals surface area contributed by atoms with Gasteiger partial charge < -0.3 is 9.67 Å². The quantitative estimate of drug-likeness (QED) is 0.559. The average Bonchev–Trinajstić information content (AvgIpc) is 2.69. The number of aryl methyl sites for hydroxylation is 1. The van der Waals surface area contributed by atoms with E-state index in [1.165, 1.54) is 31.0 Å². The minimum absolute atomic E-state index is 0.0354. The van der Waals surface area contributed by atoms with Gasteiger partial charge in [0.15, 0.2) is 5.16 Å². The molecule has 0 saturated heterocycles. The highest BCUT2D eigenvalue weighted by Crippen LogP contribution is 2.15. The summed E-state index contributed by atoms with van der Waals surface area (Å²) in [5, 5.41) is 17.0. The molecule has 0 aliphatic rings. The standard InChI is InChI=1S/C10H17N3O2S/c1-2-3-4-5-6-13-8-11-12-10(13)16-7-9(14)15/h8H,2-7H2,1H3,(H,14,15). The molecule has 5 nitrogen and oxygen atoms in total. The van der Waals surface area contributed by atoms with Crippen molar-refractivity contribution in [2.45, 2.75) is 44.3 Å². The van der Waals surface area contributed by atoms with Crippen LogP contribution in [0.15, 0.2) is 11.5 Å². The molecule has 0 spiro atoms. The van der Waals surface area contributed by atoms with Gasteiger partial charge in [0.05, 0.1) is 5.75 Å². The number of thioether (sulfide) groups is 1. The van der Waals surface area contributed by atoms with Gasteiger partial charge in [0, 0.05) is 6.54 Å². The summed E-state index contributed by atoms with van der Waals surface area (Å²) in [7, 11) is 0. The van der Waals surface area contributed by atoms with Gasteiger partial charge in [-0.15, -0.1) is 10.2 Å². The third kappa shape index (κ3) is 4.65. The number of hydrogen-bond acceptors (Lipinski definition) is 4. The highest BCUT2D eigenvalue weighted by Gasteiger charge is 2.06. The predicted octanol–water partition coefficient (Wildman–Crippen LogP) is 2.04. The summed E-state index contributed by atoms with van der Waals surface area (Å²) in [6.07, 6.45) is 6.39. The van der Waals surface area contributed by atoms with Crippen LogP contribution >= 0.6 is 11.8 Å². The van der Waals surface area contributed by atoms with Crippen LogP contribution in [0.5, 0.6) is 0 Å². The van der Waals surface area contributed by atoms with E-state index < -0.39 is 5.97 Å². The number of carbonyl (C=O) groups is 1. The molecule has 0 aliphatic carbocycles. The Kier molecular flexibility index (Phi) is 5.92. The number of carboxylic acid groups (broad SMARTS) is 1. The van der Waals surface area contributed by atoms with Gasteiger partial charge in [-0.05, 0) is 6.42 Å². The second kappa shape index (κ2) is 7.27. The smallest absolute Gasteiger partial charge is 0.313 e. The molecular weight excluding hydrogens is 226 g/mol. The summed E-state index contributed by atoms with van der Waals surface area (Å²) in [6.45, 7) is 3.04. The summed E-state index contributed by atoms with van der Waals surface area (Å²) in [4.78, 5) is 10.4. The van der Waals surface area contributed by atoms with Crippen molar-refractivity contribution in [1.82, 2.24) is 14.8 Å². The fourth-order valence-electron chi connectivity index (χ4n) is 1.34. The highest BCUT2D eigenvalue weighted by atomic mass is 32.2. The van der Waals surface area contributed by atoms with Gasteiger partial charge in [-0.25, -0.2) is 0 Å². The van der Waals surface area contributed by atoms with E-state index in [1.807, 2.05) is 4.57 Å². The first-order valence-electron chi connectivity index (χ1n) is 5.46. The van der Waals surface area contributed by atoms with Gasteiger partial charge in [0.1, 0.15) is 6.33 Å². The number of carboxylic acids is 1. The molecule has 1 aromatic heterocycles. The molecule has 1 rings (SSSR count). The third-order valence-electron chi connectivity index (χ3n) is 2.16.